The average molecular weight is 264 g/mol. The zero-order valence-electron chi connectivity index (χ0n) is 11.3. The molecule has 1 aromatic rings. The van der Waals surface area contributed by atoms with Crippen molar-refractivity contribution in [3.63, 3.8) is 0 Å². The molecule has 1 unspecified atom stereocenters. The maximum atomic E-state index is 12.2. The van der Waals surface area contributed by atoms with E-state index in [0.717, 1.165) is 19.4 Å². The molecule has 1 fully saturated rings. The van der Waals surface area contributed by atoms with Gasteiger partial charge >= 0.3 is 0 Å². The van der Waals surface area contributed by atoms with Gasteiger partial charge in [-0.2, -0.15) is 0 Å². The first-order valence-electron chi connectivity index (χ1n) is 6.47. The number of aromatic hydroxyl groups is 1. The SMILES string of the molecule is COc1ccc(C(=O)N(C)CC2CCCN2)cc1O. The van der Waals surface area contributed by atoms with Crippen molar-refractivity contribution in [2.75, 3.05) is 27.2 Å². The van der Waals surface area contributed by atoms with Crippen LogP contribution in [0.15, 0.2) is 18.2 Å². The van der Waals surface area contributed by atoms with Crippen LogP contribution in [-0.2, 0) is 0 Å². The predicted octanol–water partition coefficient (Wildman–Crippen LogP) is 1.22. The van der Waals surface area contributed by atoms with Crippen LogP contribution in [0.1, 0.15) is 23.2 Å². The third-order valence-electron chi connectivity index (χ3n) is 3.43. The fraction of sp³-hybridized carbons (Fsp3) is 0.500. The van der Waals surface area contributed by atoms with Crippen molar-refractivity contribution in [2.45, 2.75) is 18.9 Å². The first-order valence-corrected chi connectivity index (χ1v) is 6.47. The van der Waals surface area contributed by atoms with Crippen LogP contribution in [0.4, 0.5) is 0 Å². The summed E-state index contributed by atoms with van der Waals surface area (Å²) in [5.74, 6) is 0.268. The van der Waals surface area contributed by atoms with Crippen molar-refractivity contribution in [1.82, 2.24) is 10.2 Å². The highest BCUT2D eigenvalue weighted by atomic mass is 16.5. The molecule has 1 saturated heterocycles. The highest BCUT2D eigenvalue weighted by molar-refractivity contribution is 5.94. The standard InChI is InChI=1S/C14H20N2O3/c1-16(9-11-4-3-7-15-11)14(18)10-5-6-13(19-2)12(17)8-10/h5-6,8,11,15,17H,3-4,7,9H2,1-2H3. The zero-order valence-corrected chi connectivity index (χ0v) is 11.3. The minimum Gasteiger partial charge on any atom is -0.504 e. The number of amides is 1. The van der Waals surface area contributed by atoms with Gasteiger partial charge in [-0.1, -0.05) is 0 Å². The third-order valence-corrected chi connectivity index (χ3v) is 3.43. The van der Waals surface area contributed by atoms with Gasteiger partial charge in [0.15, 0.2) is 11.5 Å². The van der Waals surface area contributed by atoms with Crippen molar-refractivity contribution in [3.8, 4) is 11.5 Å². The minimum absolute atomic E-state index is 0.0132. The third kappa shape index (κ3) is 3.17. The number of likely N-dealkylation sites (N-methyl/N-ethyl adjacent to an activating group) is 1. The van der Waals surface area contributed by atoms with Crippen LogP contribution >= 0.6 is 0 Å². The fourth-order valence-corrected chi connectivity index (χ4v) is 2.37. The number of hydrogen-bond donors (Lipinski definition) is 2. The van der Waals surface area contributed by atoms with E-state index in [1.54, 1.807) is 24.1 Å². The summed E-state index contributed by atoms with van der Waals surface area (Å²) in [7, 11) is 3.26. The fourth-order valence-electron chi connectivity index (χ4n) is 2.37. The van der Waals surface area contributed by atoms with E-state index < -0.39 is 0 Å². The zero-order chi connectivity index (χ0) is 13.8. The highest BCUT2D eigenvalue weighted by Gasteiger charge is 2.20. The number of ether oxygens (including phenoxy) is 1. The van der Waals surface area contributed by atoms with Crippen LogP contribution in [0.5, 0.6) is 11.5 Å². The number of benzene rings is 1. The lowest BCUT2D eigenvalue weighted by Crippen LogP contribution is -2.38. The van der Waals surface area contributed by atoms with Gasteiger partial charge in [-0.3, -0.25) is 4.79 Å². The summed E-state index contributed by atoms with van der Waals surface area (Å²) in [6.45, 7) is 1.71. The van der Waals surface area contributed by atoms with E-state index in [-0.39, 0.29) is 11.7 Å². The predicted molar refractivity (Wildman–Crippen MR) is 72.6 cm³/mol. The lowest BCUT2D eigenvalue weighted by atomic mass is 10.1. The number of hydrogen-bond acceptors (Lipinski definition) is 4. The number of methoxy groups -OCH3 is 1. The molecule has 5 heteroatoms. The van der Waals surface area contributed by atoms with Crippen LogP contribution < -0.4 is 10.1 Å². The van der Waals surface area contributed by atoms with Crippen molar-refractivity contribution in [2.24, 2.45) is 0 Å². The molecule has 0 spiro atoms. The number of carbonyl (C=O) groups is 1. The molecule has 1 aliphatic heterocycles. The van der Waals surface area contributed by atoms with Crippen molar-refractivity contribution in [3.05, 3.63) is 23.8 Å². The Morgan fingerprint density at radius 1 is 1.58 bits per heavy atom. The van der Waals surface area contributed by atoms with Crippen molar-refractivity contribution < 1.29 is 14.6 Å². The van der Waals surface area contributed by atoms with E-state index in [9.17, 15) is 9.90 Å². The summed E-state index contributed by atoms with van der Waals surface area (Å²) in [4.78, 5) is 13.9. The largest absolute Gasteiger partial charge is 0.504 e. The Hall–Kier alpha value is -1.75. The molecule has 0 aromatic heterocycles. The van der Waals surface area contributed by atoms with Gasteiger partial charge in [-0.25, -0.2) is 0 Å². The topological polar surface area (TPSA) is 61.8 Å². The molecule has 19 heavy (non-hydrogen) atoms. The molecule has 1 atom stereocenters. The van der Waals surface area contributed by atoms with Crippen LogP contribution in [0, 0.1) is 0 Å². The van der Waals surface area contributed by atoms with Gasteiger partial charge < -0.3 is 20.1 Å². The molecule has 0 saturated carbocycles. The van der Waals surface area contributed by atoms with Crippen molar-refractivity contribution in [1.29, 1.82) is 0 Å². The Labute approximate surface area is 113 Å². The lowest BCUT2D eigenvalue weighted by molar-refractivity contribution is 0.0783. The summed E-state index contributed by atoms with van der Waals surface area (Å²) < 4.78 is 4.96. The summed E-state index contributed by atoms with van der Waals surface area (Å²) in [5.41, 5.74) is 0.471. The van der Waals surface area contributed by atoms with Gasteiger partial charge in [0.2, 0.25) is 0 Å². The van der Waals surface area contributed by atoms with E-state index in [2.05, 4.69) is 5.32 Å². The monoisotopic (exact) mass is 264 g/mol. The molecular formula is C14H20N2O3. The Bertz CT molecular complexity index is 456. The maximum absolute atomic E-state index is 12.2. The van der Waals surface area contributed by atoms with Gasteiger partial charge in [0.1, 0.15) is 0 Å². The molecule has 2 rings (SSSR count). The second kappa shape index (κ2) is 5.93. The van der Waals surface area contributed by atoms with Crippen LogP contribution in [0.3, 0.4) is 0 Å². The summed E-state index contributed by atoms with van der Waals surface area (Å²) in [6.07, 6.45) is 2.27. The smallest absolute Gasteiger partial charge is 0.253 e. The number of phenolic OH excluding ortho intramolecular Hbond substituents is 1. The molecular weight excluding hydrogens is 244 g/mol. The molecule has 2 N–H and O–H groups in total. The van der Waals surface area contributed by atoms with Gasteiger partial charge in [0, 0.05) is 25.2 Å². The first kappa shape index (κ1) is 13.7. The number of carbonyl (C=O) groups excluding carboxylic acids is 1. The Kier molecular flexibility index (Phi) is 4.27. The number of nitrogens with zero attached hydrogens (tertiary/aromatic N) is 1. The number of rotatable bonds is 4. The molecule has 1 aromatic carbocycles. The molecule has 1 aliphatic rings. The first-order chi connectivity index (χ1) is 9.11. The molecule has 1 heterocycles. The second-order valence-electron chi connectivity index (χ2n) is 4.87. The van der Waals surface area contributed by atoms with E-state index in [4.69, 9.17) is 4.74 Å². The molecule has 5 nitrogen and oxygen atoms in total. The normalized spacial score (nSPS) is 18.3. The number of nitrogens with one attached hydrogen (secondary N) is 1. The molecule has 0 aliphatic carbocycles. The van der Waals surface area contributed by atoms with Crippen LogP contribution in [-0.4, -0.2) is 49.2 Å². The molecule has 104 valence electrons. The van der Waals surface area contributed by atoms with Crippen molar-refractivity contribution >= 4 is 5.91 Å². The van der Waals surface area contributed by atoms with Gasteiger partial charge in [0.25, 0.3) is 5.91 Å². The average Bonchev–Trinajstić information content (AvgIpc) is 2.90. The Morgan fingerprint density at radius 2 is 2.37 bits per heavy atom. The van der Waals surface area contributed by atoms with Gasteiger partial charge in [-0.15, -0.1) is 0 Å². The molecule has 0 radical (unpaired) electrons. The highest BCUT2D eigenvalue weighted by Crippen LogP contribution is 2.26. The maximum Gasteiger partial charge on any atom is 0.253 e. The summed E-state index contributed by atoms with van der Waals surface area (Å²) in [6, 6.07) is 5.09. The Morgan fingerprint density at radius 3 is 2.95 bits per heavy atom. The number of phenols is 1. The van der Waals surface area contributed by atoms with Crippen LogP contribution in [0.25, 0.3) is 0 Å². The minimum atomic E-state index is -0.0911. The van der Waals surface area contributed by atoms with E-state index in [1.807, 2.05) is 0 Å². The lowest BCUT2D eigenvalue weighted by Gasteiger charge is -2.21. The van der Waals surface area contributed by atoms with Gasteiger partial charge in [-0.05, 0) is 37.6 Å². The molecule has 1 amide bonds. The quantitative estimate of drug-likeness (QED) is 0.858. The Balaban J connectivity index is 2.03. The second-order valence-corrected chi connectivity index (χ2v) is 4.87. The summed E-state index contributed by atoms with van der Waals surface area (Å²) in [5, 5.41) is 13.1. The molecule has 0 bridgehead atoms. The van der Waals surface area contributed by atoms with E-state index >= 15 is 0 Å². The van der Waals surface area contributed by atoms with Gasteiger partial charge in [0.05, 0.1) is 7.11 Å². The summed E-state index contributed by atoms with van der Waals surface area (Å²) >= 11 is 0. The van der Waals surface area contributed by atoms with E-state index in [0.29, 0.717) is 23.9 Å². The van der Waals surface area contributed by atoms with Crippen LogP contribution in [0.2, 0.25) is 0 Å². The van der Waals surface area contributed by atoms with E-state index in [1.165, 1.54) is 13.2 Å².